The summed E-state index contributed by atoms with van der Waals surface area (Å²) >= 11 is 0. The Hall–Kier alpha value is -2.23. The zero-order valence-electron chi connectivity index (χ0n) is 9.06. The molecule has 84 valence electrons. The first kappa shape index (κ1) is 9.96. The van der Waals surface area contributed by atoms with E-state index in [1.165, 1.54) is 0 Å². The molecule has 1 aliphatic rings. The molecule has 0 spiro atoms. The standard InChI is InChI=1S/C13H10N2O2/c16-10-7-6-9-11(10)12(15-13(17)14-9)8-4-2-1-3-5-8/h1-5H,6-7H2,(H,14,15,17). The number of hydrogen-bond acceptors (Lipinski definition) is 3. The summed E-state index contributed by atoms with van der Waals surface area (Å²) in [6.07, 6.45) is 1.06. The number of rotatable bonds is 1. The van der Waals surface area contributed by atoms with E-state index in [0.717, 1.165) is 5.56 Å². The SMILES string of the molecule is O=C1CCc2[nH]c(=O)nc(-c3ccccc3)c21. The number of nitrogens with zero attached hydrogens (tertiary/aromatic N) is 1. The quantitative estimate of drug-likeness (QED) is 0.802. The van der Waals surface area contributed by atoms with Crippen LogP contribution in [-0.4, -0.2) is 15.8 Å². The van der Waals surface area contributed by atoms with Crippen LogP contribution >= 0.6 is 0 Å². The predicted octanol–water partition coefficient (Wildman–Crippen LogP) is 1.57. The average molecular weight is 226 g/mol. The van der Waals surface area contributed by atoms with Crippen LogP contribution in [0.5, 0.6) is 0 Å². The van der Waals surface area contributed by atoms with Crippen LogP contribution in [-0.2, 0) is 6.42 Å². The van der Waals surface area contributed by atoms with Gasteiger partial charge in [0.2, 0.25) is 0 Å². The lowest BCUT2D eigenvalue weighted by molar-refractivity contribution is 0.0995. The molecule has 1 aromatic heterocycles. The number of nitrogens with one attached hydrogen (secondary N) is 1. The van der Waals surface area contributed by atoms with Gasteiger partial charge in [-0.15, -0.1) is 0 Å². The Balaban J connectivity index is 2.31. The van der Waals surface area contributed by atoms with E-state index in [0.29, 0.717) is 29.8 Å². The number of fused-ring (bicyclic) bond motifs is 1. The molecule has 0 saturated heterocycles. The Bertz CT molecular complexity index is 644. The van der Waals surface area contributed by atoms with Crippen molar-refractivity contribution >= 4 is 5.78 Å². The Labute approximate surface area is 97.3 Å². The summed E-state index contributed by atoms with van der Waals surface area (Å²) in [5, 5.41) is 0. The monoisotopic (exact) mass is 226 g/mol. The fourth-order valence-corrected chi connectivity index (χ4v) is 2.18. The number of hydrogen-bond donors (Lipinski definition) is 1. The van der Waals surface area contributed by atoms with Crippen LogP contribution in [0.3, 0.4) is 0 Å². The summed E-state index contributed by atoms with van der Waals surface area (Å²) in [6, 6.07) is 9.33. The van der Waals surface area contributed by atoms with E-state index in [2.05, 4.69) is 9.97 Å². The molecule has 0 aliphatic heterocycles. The molecule has 1 aromatic carbocycles. The van der Waals surface area contributed by atoms with Crippen LogP contribution in [0.2, 0.25) is 0 Å². The van der Waals surface area contributed by atoms with E-state index in [1.54, 1.807) is 0 Å². The van der Waals surface area contributed by atoms with Gasteiger partial charge in [0, 0.05) is 17.7 Å². The predicted molar refractivity (Wildman–Crippen MR) is 62.9 cm³/mol. The van der Waals surface area contributed by atoms with Gasteiger partial charge in [-0.3, -0.25) is 4.79 Å². The third kappa shape index (κ3) is 1.58. The smallest absolute Gasteiger partial charge is 0.309 e. The Morgan fingerprint density at radius 2 is 1.82 bits per heavy atom. The molecule has 1 N–H and O–H groups in total. The first-order valence-electron chi connectivity index (χ1n) is 5.47. The Morgan fingerprint density at radius 3 is 2.59 bits per heavy atom. The number of aryl methyl sites for hydroxylation is 1. The van der Waals surface area contributed by atoms with E-state index < -0.39 is 5.69 Å². The van der Waals surface area contributed by atoms with Crippen LogP contribution in [0, 0.1) is 0 Å². The van der Waals surface area contributed by atoms with Gasteiger partial charge in [-0.2, -0.15) is 4.98 Å². The maximum Gasteiger partial charge on any atom is 0.345 e. The number of benzene rings is 1. The largest absolute Gasteiger partial charge is 0.345 e. The van der Waals surface area contributed by atoms with Crippen LogP contribution in [0.15, 0.2) is 35.1 Å². The van der Waals surface area contributed by atoms with Crippen molar-refractivity contribution in [2.45, 2.75) is 12.8 Å². The molecule has 4 nitrogen and oxygen atoms in total. The molecule has 0 saturated carbocycles. The van der Waals surface area contributed by atoms with Crippen LogP contribution < -0.4 is 5.69 Å². The third-order valence-electron chi connectivity index (χ3n) is 2.94. The van der Waals surface area contributed by atoms with Gasteiger partial charge in [-0.1, -0.05) is 30.3 Å². The number of aromatic nitrogens is 2. The molecule has 1 aliphatic carbocycles. The second-order valence-corrected chi connectivity index (χ2v) is 4.03. The van der Waals surface area contributed by atoms with E-state index in [-0.39, 0.29) is 5.78 Å². The molecular weight excluding hydrogens is 216 g/mol. The molecular formula is C13H10N2O2. The third-order valence-corrected chi connectivity index (χ3v) is 2.94. The number of Topliss-reactive ketones (excluding diaryl/α,β-unsaturated/α-hetero) is 1. The van der Waals surface area contributed by atoms with Crippen molar-refractivity contribution in [3.05, 3.63) is 52.1 Å². The highest BCUT2D eigenvalue weighted by atomic mass is 16.1. The molecule has 0 amide bonds. The van der Waals surface area contributed by atoms with E-state index in [1.807, 2.05) is 30.3 Å². The summed E-state index contributed by atoms with van der Waals surface area (Å²) in [7, 11) is 0. The van der Waals surface area contributed by atoms with Gasteiger partial charge in [0.05, 0.1) is 11.3 Å². The molecule has 0 atom stereocenters. The fourth-order valence-electron chi connectivity index (χ4n) is 2.18. The molecule has 17 heavy (non-hydrogen) atoms. The van der Waals surface area contributed by atoms with Gasteiger partial charge in [0.15, 0.2) is 5.78 Å². The lowest BCUT2D eigenvalue weighted by atomic mass is 10.1. The van der Waals surface area contributed by atoms with E-state index in [9.17, 15) is 9.59 Å². The number of H-pyrrole nitrogens is 1. The number of ketones is 1. The first-order chi connectivity index (χ1) is 8.25. The van der Waals surface area contributed by atoms with E-state index in [4.69, 9.17) is 0 Å². The van der Waals surface area contributed by atoms with Crippen LogP contribution in [0.1, 0.15) is 22.5 Å². The van der Waals surface area contributed by atoms with Gasteiger partial charge in [0.25, 0.3) is 0 Å². The highest BCUT2D eigenvalue weighted by Crippen LogP contribution is 2.27. The highest BCUT2D eigenvalue weighted by Gasteiger charge is 2.25. The van der Waals surface area contributed by atoms with E-state index >= 15 is 0 Å². The van der Waals surface area contributed by atoms with Crippen molar-refractivity contribution in [2.24, 2.45) is 0 Å². The molecule has 3 rings (SSSR count). The van der Waals surface area contributed by atoms with Gasteiger partial charge in [0.1, 0.15) is 0 Å². The minimum absolute atomic E-state index is 0.0580. The van der Waals surface area contributed by atoms with Crippen molar-refractivity contribution < 1.29 is 4.79 Å². The molecule has 1 heterocycles. The molecule has 0 radical (unpaired) electrons. The van der Waals surface area contributed by atoms with Crippen molar-refractivity contribution in [1.82, 2.24) is 9.97 Å². The molecule has 0 unspecified atom stereocenters. The number of aromatic amines is 1. The lowest BCUT2D eigenvalue weighted by Crippen LogP contribution is -2.15. The normalized spacial score (nSPS) is 13.8. The van der Waals surface area contributed by atoms with Gasteiger partial charge in [-0.25, -0.2) is 4.79 Å². The number of carbonyl (C=O) groups is 1. The Morgan fingerprint density at radius 1 is 1.06 bits per heavy atom. The first-order valence-corrected chi connectivity index (χ1v) is 5.47. The minimum Gasteiger partial charge on any atom is -0.309 e. The zero-order valence-corrected chi connectivity index (χ0v) is 9.06. The molecule has 0 bridgehead atoms. The van der Waals surface area contributed by atoms with Crippen molar-refractivity contribution in [3.8, 4) is 11.3 Å². The fraction of sp³-hybridized carbons (Fsp3) is 0.154. The molecule has 2 aromatic rings. The topological polar surface area (TPSA) is 62.8 Å². The summed E-state index contributed by atoms with van der Waals surface area (Å²) in [5.41, 5.74) is 2.22. The number of carbonyl (C=O) groups excluding carboxylic acids is 1. The molecule has 4 heteroatoms. The average Bonchev–Trinajstić information content (AvgIpc) is 2.71. The van der Waals surface area contributed by atoms with Crippen LogP contribution in [0.25, 0.3) is 11.3 Å². The Kier molecular flexibility index (Phi) is 2.14. The summed E-state index contributed by atoms with van der Waals surface area (Å²) < 4.78 is 0. The van der Waals surface area contributed by atoms with Crippen LogP contribution in [0.4, 0.5) is 0 Å². The lowest BCUT2D eigenvalue weighted by Gasteiger charge is -2.05. The summed E-state index contributed by atoms with van der Waals surface area (Å²) in [4.78, 5) is 29.8. The summed E-state index contributed by atoms with van der Waals surface area (Å²) in [5.74, 6) is 0.0580. The zero-order chi connectivity index (χ0) is 11.8. The van der Waals surface area contributed by atoms with Crippen molar-refractivity contribution in [2.75, 3.05) is 0 Å². The van der Waals surface area contributed by atoms with Crippen molar-refractivity contribution in [1.29, 1.82) is 0 Å². The maximum absolute atomic E-state index is 11.8. The minimum atomic E-state index is -0.391. The second-order valence-electron chi connectivity index (χ2n) is 4.03. The van der Waals surface area contributed by atoms with Gasteiger partial charge in [-0.05, 0) is 6.42 Å². The van der Waals surface area contributed by atoms with Gasteiger partial charge < -0.3 is 4.98 Å². The second kappa shape index (κ2) is 3.66. The molecule has 0 fully saturated rings. The summed E-state index contributed by atoms with van der Waals surface area (Å²) in [6.45, 7) is 0. The maximum atomic E-state index is 11.8. The van der Waals surface area contributed by atoms with Crippen molar-refractivity contribution in [3.63, 3.8) is 0 Å². The van der Waals surface area contributed by atoms with Gasteiger partial charge >= 0.3 is 5.69 Å². The highest BCUT2D eigenvalue weighted by molar-refractivity contribution is 6.04.